The molecule has 0 aromatic carbocycles. The highest BCUT2D eigenvalue weighted by atomic mass is 32.2. The fourth-order valence-electron chi connectivity index (χ4n) is 3.17. The molecule has 0 radical (unpaired) electrons. The molecule has 2 heterocycles. The van der Waals surface area contributed by atoms with Crippen LogP contribution in [-0.4, -0.2) is 66.1 Å². The van der Waals surface area contributed by atoms with Crippen LogP contribution in [0.5, 0.6) is 5.88 Å². The Morgan fingerprint density at radius 3 is 2.90 bits per heavy atom. The monoisotopic (exact) mass is 449 g/mol. The number of carbonyl (C=O) groups excluding carboxylic acids is 2. The molecule has 31 heavy (non-hydrogen) atoms. The summed E-state index contributed by atoms with van der Waals surface area (Å²) in [7, 11) is 0. The minimum Gasteiger partial charge on any atom is -0.473 e. The van der Waals surface area contributed by atoms with Gasteiger partial charge in [0.2, 0.25) is 11.8 Å². The van der Waals surface area contributed by atoms with Gasteiger partial charge >= 0.3 is 5.97 Å². The predicted octanol–water partition coefficient (Wildman–Crippen LogP) is 3.20. The number of likely N-dealkylation sites (tertiary alicyclic amines) is 1. The second-order valence-electron chi connectivity index (χ2n) is 7.45. The highest BCUT2D eigenvalue weighted by molar-refractivity contribution is 7.99. The van der Waals surface area contributed by atoms with E-state index in [0.717, 1.165) is 26.1 Å². The second kappa shape index (κ2) is 15.7. The summed E-state index contributed by atoms with van der Waals surface area (Å²) in [6.07, 6.45) is 10.7. The maximum atomic E-state index is 11.8. The molecule has 1 fully saturated rings. The van der Waals surface area contributed by atoms with E-state index < -0.39 is 0 Å². The molecule has 1 aromatic rings. The number of nitrogens with zero attached hydrogens (tertiary/aromatic N) is 2. The molecule has 1 aliphatic rings. The Labute approximate surface area is 190 Å². The summed E-state index contributed by atoms with van der Waals surface area (Å²) in [6, 6.07) is 4.04. The lowest BCUT2D eigenvalue weighted by Crippen LogP contribution is -2.29. The summed E-state index contributed by atoms with van der Waals surface area (Å²) in [5, 5.41) is 2.82. The van der Waals surface area contributed by atoms with Crippen LogP contribution in [0.25, 0.3) is 0 Å². The van der Waals surface area contributed by atoms with Crippen LogP contribution in [0, 0.1) is 0 Å². The first kappa shape index (κ1) is 25.2. The van der Waals surface area contributed by atoms with Crippen LogP contribution >= 0.6 is 11.8 Å². The SMILES string of the molecule is CCCC(=O)OCCSCC(=O)NC/C=C\COc1cc(CN2CCCCC2)ccn1. The Morgan fingerprint density at radius 2 is 2.10 bits per heavy atom. The van der Waals surface area contributed by atoms with Gasteiger partial charge in [-0.15, -0.1) is 11.8 Å². The van der Waals surface area contributed by atoms with Crippen LogP contribution in [0.15, 0.2) is 30.5 Å². The summed E-state index contributed by atoms with van der Waals surface area (Å²) in [4.78, 5) is 29.7. The number of aromatic nitrogens is 1. The van der Waals surface area contributed by atoms with E-state index in [1.165, 1.54) is 36.6 Å². The summed E-state index contributed by atoms with van der Waals surface area (Å²) < 4.78 is 10.7. The molecule has 0 unspecified atom stereocenters. The Balaban J connectivity index is 1.52. The number of hydrogen-bond donors (Lipinski definition) is 1. The third-order valence-corrected chi connectivity index (χ3v) is 5.66. The molecule has 7 nitrogen and oxygen atoms in total. The van der Waals surface area contributed by atoms with Gasteiger partial charge in [-0.05, 0) is 50.1 Å². The van der Waals surface area contributed by atoms with Crippen molar-refractivity contribution in [2.75, 3.05) is 44.4 Å². The fraction of sp³-hybridized carbons (Fsp3) is 0.609. The van der Waals surface area contributed by atoms with Crippen LogP contribution in [-0.2, 0) is 20.9 Å². The van der Waals surface area contributed by atoms with Gasteiger partial charge in [-0.1, -0.05) is 19.4 Å². The summed E-state index contributed by atoms with van der Waals surface area (Å²) in [5.74, 6) is 1.38. The number of ether oxygens (including phenoxy) is 2. The summed E-state index contributed by atoms with van der Waals surface area (Å²) in [6.45, 7) is 6.42. The van der Waals surface area contributed by atoms with E-state index in [9.17, 15) is 9.59 Å². The van der Waals surface area contributed by atoms with Gasteiger partial charge in [-0.2, -0.15) is 0 Å². The number of amides is 1. The maximum absolute atomic E-state index is 11.8. The molecule has 8 heteroatoms. The van der Waals surface area contributed by atoms with Gasteiger partial charge in [0, 0.05) is 37.5 Å². The minimum absolute atomic E-state index is 0.0393. The topological polar surface area (TPSA) is 80.8 Å². The molecule has 0 atom stereocenters. The first-order chi connectivity index (χ1) is 15.2. The number of pyridine rings is 1. The van der Waals surface area contributed by atoms with E-state index in [-0.39, 0.29) is 11.9 Å². The first-order valence-corrected chi connectivity index (χ1v) is 12.3. The lowest BCUT2D eigenvalue weighted by molar-refractivity contribution is -0.143. The average Bonchev–Trinajstić information content (AvgIpc) is 2.77. The molecule has 2 rings (SSSR count). The van der Waals surface area contributed by atoms with Crippen LogP contribution in [0.1, 0.15) is 44.6 Å². The number of carbonyl (C=O) groups is 2. The smallest absolute Gasteiger partial charge is 0.305 e. The number of thioether (sulfide) groups is 1. The Hall–Kier alpha value is -2.06. The molecule has 1 N–H and O–H groups in total. The van der Waals surface area contributed by atoms with Crippen molar-refractivity contribution in [2.24, 2.45) is 0 Å². The fourth-order valence-corrected chi connectivity index (χ4v) is 3.80. The lowest BCUT2D eigenvalue weighted by Gasteiger charge is -2.26. The molecule has 1 saturated heterocycles. The van der Waals surface area contributed by atoms with Crippen molar-refractivity contribution >= 4 is 23.6 Å². The number of rotatable bonds is 14. The van der Waals surface area contributed by atoms with E-state index >= 15 is 0 Å². The molecular formula is C23H35N3O4S. The quantitative estimate of drug-likeness (QED) is 0.265. The van der Waals surface area contributed by atoms with Crippen LogP contribution in [0.3, 0.4) is 0 Å². The van der Waals surface area contributed by atoms with Crippen molar-refractivity contribution in [1.29, 1.82) is 0 Å². The van der Waals surface area contributed by atoms with Crippen molar-refractivity contribution in [2.45, 2.75) is 45.6 Å². The molecule has 1 aliphatic heterocycles. The van der Waals surface area contributed by atoms with Gasteiger partial charge in [-0.3, -0.25) is 14.5 Å². The van der Waals surface area contributed by atoms with Crippen molar-refractivity contribution < 1.29 is 19.1 Å². The van der Waals surface area contributed by atoms with Crippen molar-refractivity contribution in [1.82, 2.24) is 15.2 Å². The molecule has 0 aliphatic carbocycles. The maximum Gasteiger partial charge on any atom is 0.305 e. The molecule has 1 amide bonds. The zero-order chi connectivity index (χ0) is 22.2. The first-order valence-electron chi connectivity index (χ1n) is 11.1. The zero-order valence-electron chi connectivity index (χ0n) is 18.5. The largest absolute Gasteiger partial charge is 0.473 e. The van der Waals surface area contributed by atoms with Crippen LogP contribution in [0.4, 0.5) is 0 Å². The van der Waals surface area contributed by atoms with Gasteiger partial charge < -0.3 is 14.8 Å². The Morgan fingerprint density at radius 1 is 1.26 bits per heavy atom. The van der Waals surface area contributed by atoms with Gasteiger partial charge in [0.05, 0.1) is 5.75 Å². The normalized spacial score (nSPS) is 14.5. The number of piperidine rings is 1. The number of esters is 1. The summed E-state index contributed by atoms with van der Waals surface area (Å²) in [5.41, 5.74) is 1.22. The highest BCUT2D eigenvalue weighted by Gasteiger charge is 2.10. The third kappa shape index (κ3) is 11.8. The summed E-state index contributed by atoms with van der Waals surface area (Å²) >= 11 is 1.45. The van der Waals surface area contributed by atoms with E-state index in [1.807, 2.05) is 31.2 Å². The van der Waals surface area contributed by atoms with Gasteiger partial charge in [-0.25, -0.2) is 4.98 Å². The lowest BCUT2D eigenvalue weighted by atomic mass is 10.1. The molecule has 0 spiro atoms. The van der Waals surface area contributed by atoms with E-state index in [1.54, 1.807) is 6.20 Å². The van der Waals surface area contributed by atoms with Gasteiger partial charge in [0.1, 0.15) is 13.2 Å². The van der Waals surface area contributed by atoms with Crippen LogP contribution in [0.2, 0.25) is 0 Å². The molecule has 0 bridgehead atoms. The van der Waals surface area contributed by atoms with Gasteiger partial charge in [0.25, 0.3) is 0 Å². The van der Waals surface area contributed by atoms with Crippen molar-refractivity contribution in [3.05, 3.63) is 36.0 Å². The molecular weight excluding hydrogens is 414 g/mol. The Kier molecular flexibility index (Phi) is 12.8. The highest BCUT2D eigenvalue weighted by Crippen LogP contribution is 2.15. The standard InChI is InChI=1S/C23H35N3O4S/c1-2-8-23(28)30-15-16-31-19-21(27)24-10-4-7-14-29-22-17-20(9-11-25-22)18-26-12-5-3-6-13-26/h4,7,9,11,17H,2-3,5-6,8,10,12-16,18-19H2,1H3,(H,24,27)/b7-4-. The molecule has 0 saturated carbocycles. The number of nitrogens with one attached hydrogen (secondary N) is 1. The van der Waals surface area contributed by atoms with Crippen LogP contribution < -0.4 is 10.1 Å². The van der Waals surface area contributed by atoms with Crippen molar-refractivity contribution in [3.8, 4) is 5.88 Å². The third-order valence-electron chi connectivity index (χ3n) is 4.74. The second-order valence-corrected chi connectivity index (χ2v) is 8.55. The minimum atomic E-state index is -0.177. The van der Waals surface area contributed by atoms with Gasteiger partial charge in [0.15, 0.2) is 0 Å². The van der Waals surface area contributed by atoms with E-state index in [2.05, 4.69) is 15.2 Å². The molecule has 1 aromatic heterocycles. The average molecular weight is 450 g/mol. The molecule has 172 valence electrons. The van der Waals surface area contributed by atoms with Crippen molar-refractivity contribution in [3.63, 3.8) is 0 Å². The zero-order valence-corrected chi connectivity index (χ0v) is 19.3. The Bertz CT molecular complexity index is 693. The van der Waals surface area contributed by atoms with E-state index in [4.69, 9.17) is 9.47 Å². The van der Waals surface area contributed by atoms with E-state index in [0.29, 0.717) is 43.6 Å². The predicted molar refractivity (Wildman–Crippen MR) is 124 cm³/mol. The number of hydrogen-bond acceptors (Lipinski definition) is 7.